The van der Waals surface area contributed by atoms with E-state index in [0.717, 1.165) is 22.0 Å². The fraction of sp³-hybridized carbons (Fsp3) is 0.160. The minimum absolute atomic E-state index is 0.176. The van der Waals surface area contributed by atoms with E-state index in [0.29, 0.717) is 17.8 Å². The standard InChI is InChI=1S/C25H24N4O3S/c30-23(27-14-17-7-2-1-3-8-17)16-28-24(31)21(29-25(32)22-11-6-12-33-22)13-18-15-26-20-10-5-4-9-19(18)20/h1-12,15,21,26H,13-14,16H2,(H,27,30)(H,28,31)(H,29,32). The number of aromatic nitrogens is 1. The van der Waals surface area contributed by atoms with E-state index in [1.165, 1.54) is 11.3 Å². The van der Waals surface area contributed by atoms with Crippen molar-refractivity contribution in [3.63, 3.8) is 0 Å². The van der Waals surface area contributed by atoms with Gasteiger partial charge in [-0.15, -0.1) is 11.3 Å². The molecule has 0 radical (unpaired) electrons. The molecule has 1 unspecified atom stereocenters. The molecular weight excluding hydrogens is 436 g/mol. The highest BCUT2D eigenvalue weighted by Crippen LogP contribution is 2.19. The number of nitrogens with one attached hydrogen (secondary N) is 4. The molecular formula is C25H24N4O3S. The lowest BCUT2D eigenvalue weighted by atomic mass is 10.0. The van der Waals surface area contributed by atoms with Gasteiger partial charge in [0, 0.05) is 30.1 Å². The van der Waals surface area contributed by atoms with Crippen LogP contribution in [0.4, 0.5) is 0 Å². The normalized spacial score (nSPS) is 11.6. The summed E-state index contributed by atoms with van der Waals surface area (Å²) in [5.41, 5.74) is 2.83. The van der Waals surface area contributed by atoms with E-state index < -0.39 is 11.9 Å². The van der Waals surface area contributed by atoms with Crippen molar-refractivity contribution in [2.24, 2.45) is 0 Å². The second-order valence-electron chi connectivity index (χ2n) is 7.55. The third kappa shape index (κ3) is 5.87. The molecule has 2 heterocycles. The maximum Gasteiger partial charge on any atom is 0.262 e. The van der Waals surface area contributed by atoms with Crippen LogP contribution in [0.5, 0.6) is 0 Å². The van der Waals surface area contributed by atoms with Crippen molar-refractivity contribution in [2.45, 2.75) is 19.0 Å². The molecule has 168 valence electrons. The van der Waals surface area contributed by atoms with Crippen LogP contribution in [-0.2, 0) is 22.6 Å². The monoisotopic (exact) mass is 460 g/mol. The van der Waals surface area contributed by atoms with Gasteiger partial charge in [-0.25, -0.2) is 0 Å². The molecule has 0 saturated heterocycles. The zero-order chi connectivity index (χ0) is 23.0. The van der Waals surface area contributed by atoms with Gasteiger partial charge in [0.05, 0.1) is 11.4 Å². The zero-order valence-corrected chi connectivity index (χ0v) is 18.7. The van der Waals surface area contributed by atoms with Gasteiger partial charge >= 0.3 is 0 Å². The molecule has 0 bridgehead atoms. The summed E-state index contributed by atoms with van der Waals surface area (Å²) in [5, 5.41) is 11.1. The third-order valence-electron chi connectivity index (χ3n) is 5.22. The number of rotatable bonds is 9. The van der Waals surface area contributed by atoms with Gasteiger partial charge in [0.25, 0.3) is 5.91 Å². The number of para-hydroxylation sites is 1. The van der Waals surface area contributed by atoms with Gasteiger partial charge in [0.2, 0.25) is 11.8 Å². The number of fused-ring (bicyclic) bond motifs is 1. The van der Waals surface area contributed by atoms with Crippen LogP contribution in [0, 0.1) is 0 Å². The molecule has 33 heavy (non-hydrogen) atoms. The van der Waals surface area contributed by atoms with E-state index in [1.54, 1.807) is 17.5 Å². The van der Waals surface area contributed by atoms with E-state index in [-0.39, 0.29) is 18.4 Å². The predicted octanol–water partition coefficient (Wildman–Crippen LogP) is 3.00. The molecule has 1 atom stereocenters. The Morgan fingerprint density at radius 1 is 0.909 bits per heavy atom. The number of hydrogen-bond acceptors (Lipinski definition) is 4. The lowest BCUT2D eigenvalue weighted by Gasteiger charge is -2.18. The van der Waals surface area contributed by atoms with Crippen molar-refractivity contribution in [2.75, 3.05) is 6.54 Å². The maximum absolute atomic E-state index is 13.0. The van der Waals surface area contributed by atoms with E-state index >= 15 is 0 Å². The van der Waals surface area contributed by atoms with Crippen LogP contribution in [0.2, 0.25) is 0 Å². The summed E-state index contributed by atoms with van der Waals surface area (Å²) in [6.07, 6.45) is 2.13. The van der Waals surface area contributed by atoms with Crippen LogP contribution < -0.4 is 16.0 Å². The molecule has 0 spiro atoms. The van der Waals surface area contributed by atoms with Crippen molar-refractivity contribution in [3.05, 3.63) is 94.3 Å². The molecule has 0 aliphatic rings. The quantitative estimate of drug-likeness (QED) is 0.309. The highest BCUT2D eigenvalue weighted by atomic mass is 32.1. The smallest absolute Gasteiger partial charge is 0.262 e. The Hall–Kier alpha value is -3.91. The van der Waals surface area contributed by atoms with Gasteiger partial charge in [-0.05, 0) is 28.6 Å². The number of carbonyl (C=O) groups excluding carboxylic acids is 3. The highest BCUT2D eigenvalue weighted by molar-refractivity contribution is 7.12. The molecule has 0 saturated carbocycles. The molecule has 0 fully saturated rings. The minimum atomic E-state index is -0.833. The number of aromatic amines is 1. The number of hydrogen-bond donors (Lipinski definition) is 4. The van der Waals surface area contributed by atoms with Crippen LogP contribution in [0.25, 0.3) is 10.9 Å². The second-order valence-corrected chi connectivity index (χ2v) is 8.49. The lowest BCUT2D eigenvalue weighted by molar-refractivity contribution is -0.127. The molecule has 7 nitrogen and oxygen atoms in total. The van der Waals surface area contributed by atoms with E-state index in [1.807, 2.05) is 60.8 Å². The Labute approximate surface area is 195 Å². The molecule has 2 aromatic carbocycles. The van der Waals surface area contributed by atoms with Crippen molar-refractivity contribution in [1.29, 1.82) is 0 Å². The van der Waals surface area contributed by atoms with Crippen molar-refractivity contribution in [1.82, 2.24) is 20.9 Å². The summed E-state index contributed by atoms with van der Waals surface area (Å²) in [6.45, 7) is 0.203. The van der Waals surface area contributed by atoms with Gasteiger partial charge < -0.3 is 20.9 Å². The Morgan fingerprint density at radius 2 is 1.70 bits per heavy atom. The summed E-state index contributed by atoms with van der Waals surface area (Å²) in [5.74, 6) is -1.04. The van der Waals surface area contributed by atoms with Crippen LogP contribution in [0.3, 0.4) is 0 Å². The van der Waals surface area contributed by atoms with Gasteiger partial charge in [-0.2, -0.15) is 0 Å². The Balaban J connectivity index is 1.41. The average Bonchev–Trinajstić information content (AvgIpc) is 3.52. The molecule has 0 aliphatic heterocycles. The summed E-state index contributed by atoms with van der Waals surface area (Å²) in [4.78, 5) is 41.6. The van der Waals surface area contributed by atoms with Crippen molar-refractivity contribution in [3.8, 4) is 0 Å². The predicted molar refractivity (Wildman–Crippen MR) is 129 cm³/mol. The third-order valence-corrected chi connectivity index (χ3v) is 6.09. The summed E-state index contributed by atoms with van der Waals surface area (Å²) in [7, 11) is 0. The molecule has 4 N–H and O–H groups in total. The molecule has 2 aromatic heterocycles. The first kappa shape index (κ1) is 22.3. The molecule has 8 heteroatoms. The van der Waals surface area contributed by atoms with Crippen molar-refractivity contribution < 1.29 is 14.4 Å². The van der Waals surface area contributed by atoms with E-state index in [9.17, 15) is 14.4 Å². The Morgan fingerprint density at radius 3 is 2.48 bits per heavy atom. The van der Waals surface area contributed by atoms with Gasteiger partial charge in [-0.1, -0.05) is 54.6 Å². The number of benzene rings is 2. The maximum atomic E-state index is 13.0. The van der Waals surface area contributed by atoms with E-state index in [2.05, 4.69) is 20.9 Å². The zero-order valence-electron chi connectivity index (χ0n) is 17.8. The molecule has 4 aromatic rings. The Kier molecular flexibility index (Phi) is 7.16. The minimum Gasteiger partial charge on any atom is -0.361 e. The van der Waals surface area contributed by atoms with E-state index in [4.69, 9.17) is 0 Å². The number of H-pyrrole nitrogens is 1. The molecule has 4 rings (SSSR count). The summed E-state index contributed by atoms with van der Waals surface area (Å²) < 4.78 is 0. The lowest BCUT2D eigenvalue weighted by Crippen LogP contribution is -2.49. The fourth-order valence-corrected chi connectivity index (χ4v) is 4.14. The number of thiophene rings is 1. The van der Waals surface area contributed by atoms with Gasteiger partial charge in [0.1, 0.15) is 6.04 Å². The first-order valence-corrected chi connectivity index (χ1v) is 11.5. The Bertz CT molecular complexity index is 1240. The van der Waals surface area contributed by atoms with Crippen LogP contribution in [0.1, 0.15) is 20.8 Å². The topological polar surface area (TPSA) is 103 Å². The second kappa shape index (κ2) is 10.6. The van der Waals surface area contributed by atoms with Crippen LogP contribution >= 0.6 is 11.3 Å². The first-order chi connectivity index (χ1) is 16.1. The van der Waals surface area contributed by atoms with Crippen molar-refractivity contribution >= 4 is 40.0 Å². The SMILES string of the molecule is O=C(CNC(=O)C(Cc1c[nH]c2ccccc12)NC(=O)c1cccs1)NCc1ccccc1. The highest BCUT2D eigenvalue weighted by Gasteiger charge is 2.24. The number of carbonyl (C=O) groups is 3. The van der Waals surface area contributed by atoms with Crippen LogP contribution in [0.15, 0.2) is 78.3 Å². The summed E-state index contributed by atoms with van der Waals surface area (Å²) >= 11 is 1.30. The number of amides is 3. The average molecular weight is 461 g/mol. The summed E-state index contributed by atoms with van der Waals surface area (Å²) in [6, 6.07) is 20.0. The fourth-order valence-electron chi connectivity index (χ4n) is 3.52. The molecule has 3 amide bonds. The van der Waals surface area contributed by atoms with Gasteiger partial charge in [-0.3, -0.25) is 14.4 Å². The van der Waals surface area contributed by atoms with Gasteiger partial charge in [0.15, 0.2) is 0 Å². The van der Waals surface area contributed by atoms with Crippen LogP contribution in [-0.4, -0.2) is 35.3 Å². The largest absolute Gasteiger partial charge is 0.361 e. The first-order valence-electron chi connectivity index (χ1n) is 10.6. The molecule has 0 aliphatic carbocycles.